The first-order chi connectivity index (χ1) is 14.1. The lowest BCUT2D eigenvalue weighted by molar-refractivity contribution is -0.149. The van der Waals surface area contributed by atoms with Crippen LogP contribution >= 0.6 is 11.8 Å². The topological polar surface area (TPSA) is 86.7 Å². The summed E-state index contributed by atoms with van der Waals surface area (Å²) in [5.41, 5.74) is 2.55. The second-order valence-corrected chi connectivity index (χ2v) is 8.64. The van der Waals surface area contributed by atoms with Crippen LogP contribution in [0.2, 0.25) is 0 Å². The van der Waals surface area contributed by atoms with E-state index >= 15 is 0 Å². The molecule has 2 amide bonds. The van der Waals surface area contributed by atoms with E-state index in [9.17, 15) is 19.5 Å². The first kappa shape index (κ1) is 18.0. The van der Waals surface area contributed by atoms with Crippen molar-refractivity contribution in [1.29, 1.82) is 0 Å². The summed E-state index contributed by atoms with van der Waals surface area (Å²) in [6, 6.07) is 18.0. The van der Waals surface area contributed by atoms with Crippen molar-refractivity contribution < 1.29 is 19.5 Å². The van der Waals surface area contributed by atoms with Gasteiger partial charge in [0.15, 0.2) is 0 Å². The zero-order chi connectivity index (χ0) is 20.1. The van der Waals surface area contributed by atoms with E-state index in [2.05, 4.69) is 17.4 Å². The third-order valence-electron chi connectivity index (χ3n) is 5.78. The molecule has 2 aromatic carbocycles. The Kier molecular flexibility index (Phi) is 4.20. The second kappa shape index (κ2) is 6.77. The summed E-state index contributed by atoms with van der Waals surface area (Å²) >= 11 is 1.57. The lowest BCUT2D eigenvalue weighted by atomic mass is 9.73. The summed E-state index contributed by atoms with van der Waals surface area (Å²) in [4.78, 5) is 38.5. The molecule has 146 valence electrons. The van der Waals surface area contributed by atoms with Gasteiger partial charge in [-0.05, 0) is 29.7 Å². The summed E-state index contributed by atoms with van der Waals surface area (Å²) in [6.07, 6.45) is 0.640. The number of rotatable bonds is 4. The second-order valence-electron chi connectivity index (χ2n) is 7.37. The molecule has 4 unspecified atom stereocenters. The third kappa shape index (κ3) is 2.76. The van der Waals surface area contributed by atoms with Gasteiger partial charge in [-0.3, -0.25) is 14.5 Å². The van der Waals surface area contributed by atoms with Crippen LogP contribution in [0.15, 0.2) is 71.9 Å². The van der Waals surface area contributed by atoms with E-state index in [-0.39, 0.29) is 28.7 Å². The van der Waals surface area contributed by atoms with E-state index in [0.717, 1.165) is 5.57 Å². The van der Waals surface area contributed by atoms with Gasteiger partial charge in [-0.25, -0.2) is 4.79 Å². The number of carboxylic acid groups (broad SMARTS) is 1. The summed E-state index contributed by atoms with van der Waals surface area (Å²) in [5, 5.41) is 12.2. The molecule has 1 saturated carbocycles. The van der Waals surface area contributed by atoms with Gasteiger partial charge < -0.3 is 10.4 Å². The van der Waals surface area contributed by atoms with Crippen LogP contribution < -0.4 is 5.32 Å². The Hall–Kier alpha value is -3.06. The molecule has 0 spiro atoms. The minimum absolute atomic E-state index is 0.00831. The lowest BCUT2D eigenvalue weighted by Gasteiger charge is -2.56. The van der Waals surface area contributed by atoms with E-state index in [4.69, 9.17) is 0 Å². The van der Waals surface area contributed by atoms with E-state index < -0.39 is 17.4 Å². The van der Waals surface area contributed by atoms with Gasteiger partial charge in [-0.2, -0.15) is 0 Å². The van der Waals surface area contributed by atoms with Crippen molar-refractivity contribution in [2.24, 2.45) is 0 Å². The smallest absolute Gasteiger partial charge is 0.352 e. The number of carbonyl (C=O) groups excluding carboxylic acids is 2. The number of amides is 2. The number of fused-ring (bicyclic) bond motifs is 2. The molecule has 1 aliphatic carbocycles. The maximum atomic E-state index is 12.7. The van der Waals surface area contributed by atoms with Crippen LogP contribution in [0.25, 0.3) is 0 Å². The normalized spacial score (nSPS) is 27.3. The highest BCUT2D eigenvalue weighted by atomic mass is 32.2. The quantitative estimate of drug-likeness (QED) is 0.763. The molecule has 0 bridgehead atoms. The number of carboxylic acids is 1. The average Bonchev–Trinajstić information content (AvgIpc) is 2.73. The van der Waals surface area contributed by atoms with E-state index in [0.29, 0.717) is 12.0 Å². The van der Waals surface area contributed by atoms with Gasteiger partial charge in [0.25, 0.3) is 11.8 Å². The highest BCUT2D eigenvalue weighted by molar-refractivity contribution is 8.01. The highest BCUT2D eigenvalue weighted by Gasteiger charge is 2.59. The standard InChI is InChI=1S/C22H18N2O4S/c25-19(13-9-5-2-6-10-13)23-16-20(26)24-17(22(27)28)15-11-14(18(15)29-21(16)24)12-7-3-1-4-8-12/h1-10,14,16,18,21H,11H2,(H,23,25)(H,27,28). The maximum absolute atomic E-state index is 12.7. The van der Waals surface area contributed by atoms with Crippen LogP contribution in [0.1, 0.15) is 28.3 Å². The number of nitrogens with zero attached hydrogens (tertiary/aromatic N) is 1. The Balaban J connectivity index is 1.41. The first-order valence-corrected chi connectivity index (χ1v) is 10.4. The Bertz CT molecular complexity index is 1040. The molecule has 6 nitrogen and oxygen atoms in total. The fourth-order valence-corrected chi connectivity index (χ4v) is 6.07. The zero-order valence-electron chi connectivity index (χ0n) is 15.3. The number of hydrogen-bond acceptors (Lipinski definition) is 4. The summed E-state index contributed by atoms with van der Waals surface area (Å²) in [6.45, 7) is 0. The summed E-state index contributed by atoms with van der Waals surface area (Å²) in [7, 11) is 0. The number of β-lactam (4-membered cyclic amide) rings is 1. The molecule has 2 N–H and O–H groups in total. The molecule has 2 heterocycles. The molecular weight excluding hydrogens is 388 g/mol. The molecule has 7 heteroatoms. The Morgan fingerprint density at radius 2 is 1.69 bits per heavy atom. The molecular formula is C22H18N2O4S. The van der Waals surface area contributed by atoms with Gasteiger partial charge >= 0.3 is 5.97 Å². The van der Waals surface area contributed by atoms with Crippen LogP contribution in [0, 0.1) is 0 Å². The average molecular weight is 406 g/mol. The molecule has 2 aromatic rings. The van der Waals surface area contributed by atoms with Crippen LogP contribution in [0.5, 0.6) is 0 Å². The van der Waals surface area contributed by atoms with Gasteiger partial charge in [-0.1, -0.05) is 48.5 Å². The number of thioether (sulfide) groups is 1. The lowest BCUT2D eigenvalue weighted by Crippen LogP contribution is -2.72. The third-order valence-corrected chi connectivity index (χ3v) is 7.44. The molecule has 3 aliphatic rings. The van der Waals surface area contributed by atoms with Crippen molar-refractivity contribution in [3.63, 3.8) is 0 Å². The van der Waals surface area contributed by atoms with Gasteiger partial charge in [0, 0.05) is 16.7 Å². The van der Waals surface area contributed by atoms with E-state index in [1.54, 1.807) is 36.0 Å². The van der Waals surface area contributed by atoms with Gasteiger partial charge in [0.2, 0.25) is 0 Å². The van der Waals surface area contributed by atoms with Gasteiger partial charge in [0.1, 0.15) is 17.1 Å². The number of hydrogen-bond donors (Lipinski definition) is 2. The number of aliphatic carboxylic acids is 1. The van der Waals surface area contributed by atoms with Crippen LogP contribution in [0.4, 0.5) is 0 Å². The van der Waals surface area contributed by atoms with Crippen molar-refractivity contribution in [3.8, 4) is 0 Å². The van der Waals surface area contributed by atoms with Crippen molar-refractivity contribution in [2.75, 3.05) is 0 Å². The van der Waals surface area contributed by atoms with E-state index in [1.165, 1.54) is 10.5 Å². The molecule has 0 radical (unpaired) electrons. The van der Waals surface area contributed by atoms with Crippen molar-refractivity contribution in [1.82, 2.24) is 10.2 Å². The molecule has 0 aromatic heterocycles. The van der Waals surface area contributed by atoms with Crippen LogP contribution in [0.3, 0.4) is 0 Å². The molecule has 2 aliphatic heterocycles. The molecule has 4 atom stereocenters. The zero-order valence-corrected chi connectivity index (χ0v) is 16.1. The fourth-order valence-electron chi connectivity index (χ4n) is 4.28. The van der Waals surface area contributed by atoms with Gasteiger partial charge in [0.05, 0.1) is 0 Å². The molecule has 1 saturated heterocycles. The Labute approximate surface area is 171 Å². The van der Waals surface area contributed by atoms with E-state index in [1.807, 2.05) is 24.3 Å². The minimum Gasteiger partial charge on any atom is -0.477 e. The predicted octanol–water partition coefficient (Wildman–Crippen LogP) is 2.59. The Morgan fingerprint density at radius 1 is 1.03 bits per heavy atom. The number of nitrogens with one attached hydrogen (secondary N) is 1. The highest BCUT2D eigenvalue weighted by Crippen LogP contribution is 2.57. The SMILES string of the molecule is O=C(O)C1=C2CC(c3ccccc3)C2SC2C(NC(=O)c3ccccc3)C(=O)N12. The number of carbonyl (C=O) groups is 3. The van der Waals surface area contributed by atoms with Crippen molar-refractivity contribution in [3.05, 3.63) is 83.1 Å². The first-order valence-electron chi connectivity index (χ1n) is 9.42. The Morgan fingerprint density at radius 3 is 2.34 bits per heavy atom. The summed E-state index contributed by atoms with van der Waals surface area (Å²) < 4.78 is 0. The summed E-state index contributed by atoms with van der Waals surface area (Å²) in [5.74, 6) is -1.56. The molecule has 5 rings (SSSR count). The monoisotopic (exact) mass is 406 g/mol. The number of benzene rings is 2. The van der Waals surface area contributed by atoms with Gasteiger partial charge in [-0.15, -0.1) is 11.8 Å². The predicted molar refractivity (Wildman–Crippen MR) is 108 cm³/mol. The molecule has 29 heavy (non-hydrogen) atoms. The largest absolute Gasteiger partial charge is 0.477 e. The fraction of sp³-hybridized carbons (Fsp3) is 0.227. The maximum Gasteiger partial charge on any atom is 0.352 e. The minimum atomic E-state index is -1.08. The molecule has 2 fully saturated rings. The van der Waals surface area contributed by atoms with Crippen molar-refractivity contribution in [2.45, 2.75) is 29.0 Å². The van der Waals surface area contributed by atoms with Crippen LogP contribution in [-0.2, 0) is 9.59 Å². The van der Waals surface area contributed by atoms with Crippen LogP contribution in [-0.4, -0.2) is 44.5 Å². The van der Waals surface area contributed by atoms with Crippen molar-refractivity contribution >= 4 is 29.5 Å².